The third-order valence-electron chi connectivity index (χ3n) is 8.32. The summed E-state index contributed by atoms with van der Waals surface area (Å²) in [5, 5.41) is 9.86. The summed E-state index contributed by atoms with van der Waals surface area (Å²) in [7, 11) is -1.66. The highest BCUT2D eigenvalue weighted by atomic mass is 28.3. The summed E-state index contributed by atoms with van der Waals surface area (Å²) >= 11 is 0. The Hall–Kier alpha value is -1.72. The van der Waals surface area contributed by atoms with Gasteiger partial charge in [0.15, 0.2) is 0 Å². The van der Waals surface area contributed by atoms with Crippen molar-refractivity contribution in [3.05, 3.63) is 66.3 Å². The van der Waals surface area contributed by atoms with Gasteiger partial charge in [0.25, 0.3) is 0 Å². The third kappa shape index (κ3) is 3.64. The van der Waals surface area contributed by atoms with Gasteiger partial charge in [-0.3, -0.25) is 15.2 Å². The third-order valence-corrected chi connectivity index (χ3v) is 12.7. The summed E-state index contributed by atoms with van der Waals surface area (Å²) in [6.45, 7) is 13.1. The molecule has 2 N–H and O–H groups in total. The van der Waals surface area contributed by atoms with Crippen LogP contribution in [0.3, 0.4) is 0 Å². The fourth-order valence-corrected chi connectivity index (χ4v) is 11.0. The van der Waals surface area contributed by atoms with Crippen LogP contribution in [0.4, 0.5) is 0 Å². The minimum atomic E-state index is -1.66. The van der Waals surface area contributed by atoms with E-state index in [1.54, 1.807) is 5.57 Å². The first-order valence-electron chi connectivity index (χ1n) is 12.0. The number of rotatable bonds is 4. The van der Waals surface area contributed by atoms with Crippen LogP contribution >= 0.6 is 0 Å². The van der Waals surface area contributed by atoms with Crippen LogP contribution in [-0.2, 0) is 0 Å². The minimum absolute atomic E-state index is 0.630. The summed E-state index contributed by atoms with van der Waals surface area (Å²) in [6.07, 6.45) is 8.66. The van der Waals surface area contributed by atoms with E-state index in [-0.39, 0.29) is 0 Å². The van der Waals surface area contributed by atoms with E-state index in [9.17, 15) is 0 Å². The molecule has 0 spiro atoms. The molecular formula is C27H37N3Si. The van der Waals surface area contributed by atoms with Gasteiger partial charge in [0.2, 0.25) is 0 Å². The smallest absolute Gasteiger partial charge is 0.129 e. The number of hydrogen-bond acceptors (Lipinski definition) is 3. The van der Waals surface area contributed by atoms with Gasteiger partial charge < -0.3 is 0 Å². The second-order valence-electron chi connectivity index (χ2n) is 10.6. The lowest BCUT2D eigenvalue weighted by Crippen LogP contribution is -2.63. The quantitative estimate of drug-likeness (QED) is 0.613. The second kappa shape index (κ2) is 8.32. The predicted octanol–water partition coefficient (Wildman–Crippen LogP) is 5.64. The Kier molecular flexibility index (Phi) is 5.68. The molecule has 5 rings (SSSR count). The molecule has 2 fully saturated rings. The summed E-state index contributed by atoms with van der Waals surface area (Å²) in [4.78, 5) is 0. The number of allylic oxidation sites excluding steroid dienone is 4. The molecule has 2 aliphatic carbocycles. The monoisotopic (exact) mass is 431 g/mol. The van der Waals surface area contributed by atoms with Gasteiger partial charge in [0, 0.05) is 20.0 Å². The molecule has 0 aromatic heterocycles. The summed E-state index contributed by atoms with van der Waals surface area (Å²) in [5.74, 6) is 2.77. The molecule has 4 unspecified atom stereocenters. The Labute approximate surface area is 188 Å². The highest BCUT2D eigenvalue weighted by Crippen LogP contribution is 2.59. The first-order chi connectivity index (χ1) is 15.0. The van der Waals surface area contributed by atoms with Crippen LogP contribution in [0.15, 0.2) is 60.7 Å². The van der Waals surface area contributed by atoms with Crippen LogP contribution in [-0.4, -0.2) is 32.8 Å². The van der Waals surface area contributed by atoms with E-state index in [1.165, 1.54) is 22.8 Å². The first-order valence-corrected chi connectivity index (χ1v) is 15.0. The molecule has 4 heteroatoms. The number of hydrogen-bond donors (Lipinski definition) is 2. The molecule has 1 aliphatic heterocycles. The molecule has 3 aliphatic rings. The number of nitrogens with one attached hydrogen (secondary N) is 2. The lowest BCUT2D eigenvalue weighted by Gasteiger charge is -2.48. The molecule has 1 saturated carbocycles. The molecule has 0 radical (unpaired) electrons. The van der Waals surface area contributed by atoms with Crippen LogP contribution < -0.4 is 10.6 Å². The molecular weight excluding hydrogens is 394 g/mol. The Morgan fingerprint density at radius 2 is 1.74 bits per heavy atom. The highest BCUT2D eigenvalue weighted by molar-refractivity contribution is 6.76. The molecule has 0 amide bonds. The fraction of sp³-hybridized carbons (Fsp3) is 0.481. The van der Waals surface area contributed by atoms with Crippen LogP contribution in [0.1, 0.15) is 25.8 Å². The van der Waals surface area contributed by atoms with Gasteiger partial charge in [0.1, 0.15) is 8.24 Å². The fourth-order valence-electron chi connectivity index (χ4n) is 6.72. The first kappa shape index (κ1) is 21.1. The Morgan fingerprint density at radius 3 is 2.52 bits per heavy atom. The van der Waals surface area contributed by atoms with Crippen molar-refractivity contribution in [3.63, 3.8) is 0 Å². The van der Waals surface area contributed by atoms with Gasteiger partial charge in [0.05, 0.1) is 0 Å². The molecule has 3 nitrogen and oxygen atoms in total. The Balaban J connectivity index is 1.54. The van der Waals surface area contributed by atoms with E-state index in [0.29, 0.717) is 11.8 Å². The largest absolute Gasteiger partial charge is 0.299 e. The topological polar surface area (TPSA) is 27.3 Å². The van der Waals surface area contributed by atoms with Crippen molar-refractivity contribution in [2.45, 2.75) is 38.9 Å². The van der Waals surface area contributed by atoms with Gasteiger partial charge in [-0.25, -0.2) is 0 Å². The van der Waals surface area contributed by atoms with E-state index in [2.05, 4.69) is 103 Å². The maximum absolute atomic E-state index is 3.56. The van der Waals surface area contributed by atoms with Crippen LogP contribution in [0.25, 0.3) is 16.3 Å². The standard InChI is InChI=1S/C27H37N3Si/c1-19(2)25-15-26-23(22-12-7-10-20-9-5-6-11-21(20)22)13-8-14-24(26)27(25)31(3,4)30-17-28-16-29-18-30/h5-14,19,24-29H,15-18H2,1-4H3. The van der Waals surface area contributed by atoms with Crippen LogP contribution in [0.2, 0.25) is 18.6 Å². The molecule has 1 saturated heterocycles. The van der Waals surface area contributed by atoms with Crippen molar-refractivity contribution < 1.29 is 0 Å². The van der Waals surface area contributed by atoms with Crippen molar-refractivity contribution in [2.24, 2.45) is 23.7 Å². The van der Waals surface area contributed by atoms with Crippen molar-refractivity contribution >= 4 is 24.6 Å². The SMILES string of the molecule is CC(C)C1CC2C(c3cccc4ccccc34)=CC=CC2C1[Si](C)(C)N1CNCNC1. The van der Waals surface area contributed by atoms with E-state index in [1.807, 2.05) is 0 Å². The van der Waals surface area contributed by atoms with Gasteiger partial charge >= 0.3 is 0 Å². The van der Waals surface area contributed by atoms with E-state index >= 15 is 0 Å². The van der Waals surface area contributed by atoms with E-state index in [4.69, 9.17) is 0 Å². The van der Waals surface area contributed by atoms with Gasteiger partial charge in [-0.2, -0.15) is 0 Å². The zero-order chi connectivity index (χ0) is 21.6. The average Bonchev–Trinajstić information content (AvgIpc) is 3.20. The lowest BCUT2D eigenvalue weighted by atomic mass is 9.80. The maximum Gasteiger partial charge on any atom is 0.129 e. The molecule has 164 valence electrons. The van der Waals surface area contributed by atoms with E-state index < -0.39 is 8.24 Å². The minimum Gasteiger partial charge on any atom is -0.299 e. The van der Waals surface area contributed by atoms with Gasteiger partial charge in [-0.1, -0.05) is 87.6 Å². The normalized spacial score (nSPS) is 29.4. The molecule has 2 aromatic carbocycles. The zero-order valence-corrected chi connectivity index (χ0v) is 20.4. The molecule has 2 aromatic rings. The van der Waals surface area contributed by atoms with Gasteiger partial charge in [-0.15, -0.1) is 0 Å². The number of benzene rings is 2. The van der Waals surface area contributed by atoms with Crippen molar-refractivity contribution in [2.75, 3.05) is 20.0 Å². The maximum atomic E-state index is 3.56. The van der Waals surface area contributed by atoms with E-state index in [0.717, 1.165) is 37.4 Å². The van der Waals surface area contributed by atoms with Crippen LogP contribution in [0, 0.1) is 23.7 Å². The molecule has 1 heterocycles. The average molecular weight is 432 g/mol. The summed E-state index contributed by atoms with van der Waals surface area (Å²) < 4.78 is 2.75. The number of fused-ring (bicyclic) bond motifs is 2. The van der Waals surface area contributed by atoms with Crippen molar-refractivity contribution in [3.8, 4) is 0 Å². The molecule has 4 atom stereocenters. The lowest BCUT2D eigenvalue weighted by molar-refractivity contribution is 0.272. The summed E-state index contributed by atoms with van der Waals surface area (Å²) in [5.41, 5.74) is 3.78. The highest BCUT2D eigenvalue weighted by Gasteiger charge is 2.54. The molecule has 0 bridgehead atoms. The Bertz CT molecular complexity index is 997. The number of nitrogens with zero attached hydrogens (tertiary/aromatic N) is 1. The van der Waals surface area contributed by atoms with Gasteiger partial charge in [-0.05, 0) is 57.5 Å². The van der Waals surface area contributed by atoms with Crippen molar-refractivity contribution in [1.82, 2.24) is 15.2 Å². The predicted molar refractivity (Wildman–Crippen MR) is 135 cm³/mol. The van der Waals surface area contributed by atoms with Crippen LogP contribution in [0.5, 0.6) is 0 Å². The Morgan fingerprint density at radius 1 is 1.00 bits per heavy atom. The molecule has 31 heavy (non-hydrogen) atoms. The zero-order valence-electron chi connectivity index (χ0n) is 19.4. The van der Waals surface area contributed by atoms with Crippen molar-refractivity contribution in [1.29, 1.82) is 0 Å². The second-order valence-corrected chi connectivity index (χ2v) is 15.2. The summed E-state index contributed by atoms with van der Waals surface area (Å²) in [6, 6.07) is 15.7.